The van der Waals surface area contributed by atoms with E-state index < -0.39 is 33.3 Å². The highest BCUT2D eigenvalue weighted by molar-refractivity contribution is 9.10. The number of hydrogen-bond donors (Lipinski definition) is 3. The van der Waals surface area contributed by atoms with Crippen LogP contribution in [-0.4, -0.2) is 62.0 Å². The molecule has 1 saturated heterocycles. The van der Waals surface area contributed by atoms with Gasteiger partial charge in [0.05, 0.1) is 23.6 Å². The molecule has 1 aliphatic heterocycles. The highest BCUT2D eigenvalue weighted by atomic mass is 79.9. The minimum Gasteiger partial charge on any atom is -0.497 e. The van der Waals surface area contributed by atoms with E-state index in [4.69, 9.17) is 15.2 Å². The van der Waals surface area contributed by atoms with Gasteiger partial charge < -0.3 is 20.5 Å². The summed E-state index contributed by atoms with van der Waals surface area (Å²) in [5.41, 5.74) is 8.80. The Bertz CT molecular complexity index is 1420. The van der Waals surface area contributed by atoms with Gasteiger partial charge in [0.25, 0.3) is 5.91 Å². The van der Waals surface area contributed by atoms with Crippen molar-refractivity contribution in [2.45, 2.75) is 74.9 Å². The van der Waals surface area contributed by atoms with Crippen LogP contribution in [0.3, 0.4) is 0 Å². The van der Waals surface area contributed by atoms with Crippen LogP contribution < -0.4 is 21.2 Å². The maximum absolute atomic E-state index is 13.8. The van der Waals surface area contributed by atoms with Gasteiger partial charge in [-0.15, -0.1) is 6.58 Å². The van der Waals surface area contributed by atoms with Crippen molar-refractivity contribution in [2.75, 3.05) is 13.2 Å². The van der Waals surface area contributed by atoms with Gasteiger partial charge in [0.1, 0.15) is 17.6 Å². The van der Waals surface area contributed by atoms with E-state index in [0.29, 0.717) is 43.1 Å². The summed E-state index contributed by atoms with van der Waals surface area (Å²) in [7, 11) is -3.78. The molecule has 0 aromatic heterocycles. The monoisotopic (exact) mass is 690 g/mol. The number of benzene rings is 2. The molecule has 4 atom stereocenters. The number of carbonyl (C=O) groups excluding carboxylic acids is 2. The predicted octanol–water partition coefficient (Wildman–Crippen LogP) is 4.26. The number of carbonyl (C=O) groups is 2. The number of ether oxygens (including phenoxy) is 2. The summed E-state index contributed by atoms with van der Waals surface area (Å²) in [6.07, 6.45) is 4.02. The Kier molecular flexibility index (Phi) is 13.0. The van der Waals surface area contributed by atoms with Crippen molar-refractivity contribution in [3.05, 3.63) is 83.6 Å². The Balaban J connectivity index is 1.78. The molecule has 2 aromatic carbocycles. The summed E-state index contributed by atoms with van der Waals surface area (Å²) in [5, 5.41) is 4.34. The second kappa shape index (κ2) is 16.2. The second-order valence-electron chi connectivity index (χ2n) is 11.1. The minimum absolute atomic E-state index is 0.125. The van der Waals surface area contributed by atoms with E-state index in [1.807, 2.05) is 13.8 Å². The lowest BCUT2D eigenvalue weighted by Gasteiger charge is -2.36. The van der Waals surface area contributed by atoms with Crippen LogP contribution in [0.15, 0.2) is 82.9 Å². The van der Waals surface area contributed by atoms with Crippen molar-refractivity contribution in [1.82, 2.24) is 15.8 Å². The molecule has 0 spiro atoms. The van der Waals surface area contributed by atoms with Gasteiger partial charge in [-0.25, -0.2) is 13.8 Å². The first kappa shape index (κ1) is 35.3. The summed E-state index contributed by atoms with van der Waals surface area (Å²) in [6.45, 7) is 13.7. The maximum Gasteiger partial charge on any atom is 0.259 e. The lowest BCUT2D eigenvalue weighted by atomic mass is 10.0. The second-order valence-corrected chi connectivity index (χ2v) is 14.2. The molecule has 4 N–H and O–H groups in total. The first-order valence-corrected chi connectivity index (χ1v) is 17.0. The van der Waals surface area contributed by atoms with Crippen LogP contribution >= 0.6 is 15.9 Å². The first-order chi connectivity index (χ1) is 20.8. The van der Waals surface area contributed by atoms with Crippen LogP contribution in [-0.2, 0) is 30.6 Å². The van der Waals surface area contributed by atoms with Crippen LogP contribution in [0.5, 0.6) is 5.75 Å². The number of nitrogens with zero attached hydrogens (tertiary/aromatic N) is 1. The molecule has 12 heteroatoms. The van der Waals surface area contributed by atoms with E-state index in [-0.39, 0.29) is 29.2 Å². The molecule has 0 saturated carbocycles. The van der Waals surface area contributed by atoms with Crippen molar-refractivity contribution in [3.63, 3.8) is 0 Å². The third-order valence-electron chi connectivity index (χ3n) is 7.31. The van der Waals surface area contributed by atoms with Crippen LogP contribution in [0.2, 0.25) is 0 Å². The molecule has 1 unspecified atom stereocenters. The molecule has 0 bridgehead atoms. The third kappa shape index (κ3) is 9.65. The zero-order valence-electron chi connectivity index (χ0n) is 25.5. The van der Waals surface area contributed by atoms with Gasteiger partial charge in [-0.2, -0.15) is 0 Å². The summed E-state index contributed by atoms with van der Waals surface area (Å²) >= 11 is 3.31. The maximum atomic E-state index is 13.8. The molecular formula is C32H43BrN4O6S. The van der Waals surface area contributed by atoms with Gasteiger partial charge in [-0.3, -0.25) is 14.6 Å². The Morgan fingerprint density at radius 2 is 1.91 bits per heavy atom. The van der Waals surface area contributed by atoms with Gasteiger partial charge in [0, 0.05) is 17.4 Å². The predicted molar refractivity (Wildman–Crippen MR) is 174 cm³/mol. The van der Waals surface area contributed by atoms with Crippen LogP contribution in [0.25, 0.3) is 0 Å². The van der Waals surface area contributed by atoms with Crippen LogP contribution in [0.1, 0.15) is 45.6 Å². The Hall–Kier alpha value is -3.19. The average molecular weight is 692 g/mol. The number of hydrogen-bond acceptors (Lipinski definition) is 8. The first-order valence-electron chi connectivity index (χ1n) is 14.6. The number of halogens is 1. The summed E-state index contributed by atoms with van der Waals surface area (Å²) in [5.74, 6) is -0.0636. The topological polar surface area (TPSA) is 140 Å². The molecule has 10 nitrogen and oxygen atoms in total. The molecule has 2 amide bonds. The van der Waals surface area contributed by atoms with Gasteiger partial charge in [0.2, 0.25) is 21.2 Å². The Morgan fingerprint density at radius 3 is 2.57 bits per heavy atom. The molecule has 0 radical (unpaired) electrons. The molecule has 3 rings (SSSR count). The van der Waals surface area contributed by atoms with Gasteiger partial charge in [0.15, 0.2) is 0 Å². The molecule has 1 fully saturated rings. The normalized spacial score (nSPS) is 17.3. The molecule has 0 aliphatic carbocycles. The SMILES string of the molecule is C=CCCOC(=C)[C@@H]1CCCN(C(=O)[C@H](Cc2cccc(OC(C)S(=O)(=O)c3ccc(Br)cc3)c2)NC(=O)[C@@H](N)C(C)C)N1. The number of amides is 2. The molecule has 44 heavy (non-hydrogen) atoms. The average Bonchev–Trinajstić information content (AvgIpc) is 3.00. The van der Waals surface area contributed by atoms with Gasteiger partial charge in [-0.1, -0.05) is 54.6 Å². The fourth-order valence-electron chi connectivity index (χ4n) is 4.56. The molecule has 240 valence electrons. The van der Waals surface area contributed by atoms with Crippen molar-refractivity contribution in [1.29, 1.82) is 0 Å². The molecular weight excluding hydrogens is 648 g/mol. The van der Waals surface area contributed by atoms with E-state index in [0.717, 1.165) is 10.9 Å². The Labute approximate surface area is 269 Å². The van der Waals surface area contributed by atoms with E-state index in [1.54, 1.807) is 42.5 Å². The Morgan fingerprint density at radius 1 is 1.20 bits per heavy atom. The number of rotatable bonds is 15. The minimum atomic E-state index is -3.78. The van der Waals surface area contributed by atoms with Crippen molar-refractivity contribution < 1.29 is 27.5 Å². The zero-order valence-corrected chi connectivity index (χ0v) is 27.9. The fraction of sp³-hybridized carbons (Fsp3) is 0.438. The lowest BCUT2D eigenvalue weighted by Crippen LogP contribution is -2.60. The highest BCUT2D eigenvalue weighted by Crippen LogP contribution is 2.24. The number of nitrogens with one attached hydrogen (secondary N) is 2. The summed E-state index contributed by atoms with van der Waals surface area (Å²) in [6, 6.07) is 11.1. The standard InChI is InChI=1S/C32H43BrN4O6S/c1-6-7-18-42-22(4)28-12-9-17-37(36-28)32(39)29(35-31(38)30(34)21(2)3)20-24-10-8-11-26(19-24)43-23(5)44(40,41)27-15-13-25(33)14-16-27/h6,8,10-11,13-16,19,21,23,28-30,36H,1,4,7,9,12,17-18,20,34H2,2-3,5H3,(H,35,38)/t23?,28-,29-,30-/m0/s1. The van der Waals surface area contributed by atoms with Crippen molar-refractivity contribution in [2.24, 2.45) is 11.7 Å². The zero-order chi connectivity index (χ0) is 32.4. The number of sulfone groups is 1. The van der Waals surface area contributed by atoms with E-state index in [2.05, 4.69) is 39.8 Å². The van der Waals surface area contributed by atoms with E-state index in [9.17, 15) is 18.0 Å². The van der Waals surface area contributed by atoms with E-state index in [1.165, 1.54) is 24.1 Å². The van der Waals surface area contributed by atoms with Crippen LogP contribution in [0, 0.1) is 5.92 Å². The summed E-state index contributed by atoms with van der Waals surface area (Å²) < 4.78 is 38.5. The van der Waals surface area contributed by atoms with Crippen molar-refractivity contribution in [3.8, 4) is 5.75 Å². The number of hydrazine groups is 1. The largest absolute Gasteiger partial charge is 0.497 e. The molecule has 1 heterocycles. The lowest BCUT2D eigenvalue weighted by molar-refractivity contribution is -0.141. The third-order valence-corrected chi connectivity index (χ3v) is 9.73. The summed E-state index contributed by atoms with van der Waals surface area (Å²) in [4.78, 5) is 27.0. The fourth-order valence-corrected chi connectivity index (χ4v) is 5.96. The van der Waals surface area contributed by atoms with E-state index >= 15 is 0 Å². The van der Waals surface area contributed by atoms with Gasteiger partial charge >= 0.3 is 0 Å². The highest BCUT2D eigenvalue weighted by Gasteiger charge is 2.33. The molecule has 1 aliphatic rings. The quantitative estimate of drug-likeness (QED) is 0.143. The van der Waals surface area contributed by atoms with Gasteiger partial charge in [-0.05, 0) is 74.1 Å². The number of nitrogens with two attached hydrogens (primary N) is 1. The smallest absolute Gasteiger partial charge is 0.259 e. The van der Waals surface area contributed by atoms with Crippen molar-refractivity contribution >= 4 is 37.6 Å². The van der Waals surface area contributed by atoms with Crippen LogP contribution in [0.4, 0.5) is 0 Å². The molecule has 2 aromatic rings.